The van der Waals surface area contributed by atoms with E-state index < -0.39 is 11.8 Å². The van der Waals surface area contributed by atoms with Crippen molar-refractivity contribution < 1.29 is 14.4 Å². The van der Waals surface area contributed by atoms with E-state index in [1.165, 1.54) is 11.8 Å². The van der Waals surface area contributed by atoms with Crippen molar-refractivity contribution in [3.05, 3.63) is 149 Å². The summed E-state index contributed by atoms with van der Waals surface area (Å²) < 4.78 is 1.83. The van der Waals surface area contributed by atoms with Gasteiger partial charge in [0.1, 0.15) is 5.70 Å². The zero-order valence-corrected chi connectivity index (χ0v) is 26.5. The molecule has 5 aromatic carbocycles. The summed E-state index contributed by atoms with van der Waals surface area (Å²) in [6.45, 7) is 2.01. The molecule has 6 rings (SSSR count). The highest BCUT2D eigenvalue weighted by Crippen LogP contribution is 2.33. The van der Waals surface area contributed by atoms with E-state index in [1.54, 1.807) is 66.7 Å². The van der Waals surface area contributed by atoms with Crippen LogP contribution in [0.25, 0.3) is 27.9 Å². The molecule has 46 heavy (non-hydrogen) atoms. The summed E-state index contributed by atoms with van der Waals surface area (Å²) in [6, 6.07) is 39.0. The average Bonchev–Trinajstić information content (AvgIpc) is 3.43. The molecule has 1 unspecified atom stereocenters. The zero-order valence-electron chi connectivity index (χ0n) is 24.9. The fourth-order valence-corrected chi connectivity index (χ4v) is 6.47. The van der Waals surface area contributed by atoms with Crippen LogP contribution in [0.5, 0.6) is 0 Å². The van der Waals surface area contributed by atoms with Crippen LogP contribution in [-0.4, -0.2) is 27.5 Å². The first kappa shape index (κ1) is 30.9. The molecule has 6 aromatic rings. The molecule has 228 valence electrons. The average molecular weight is 644 g/mol. The Morgan fingerprint density at radius 1 is 0.761 bits per heavy atom. The molecule has 2 amide bonds. The monoisotopic (exact) mass is 643 g/mol. The molecular formula is C38H30ClN3O3S. The van der Waals surface area contributed by atoms with Gasteiger partial charge in [-0.3, -0.25) is 19.0 Å². The van der Waals surface area contributed by atoms with Gasteiger partial charge in [-0.2, -0.15) is 0 Å². The Labute approximate surface area is 276 Å². The Morgan fingerprint density at radius 2 is 1.35 bits per heavy atom. The molecule has 0 aliphatic carbocycles. The number of carbonyl (C=O) groups excluding carboxylic acids is 3. The number of amides is 2. The molecule has 6 nitrogen and oxygen atoms in total. The lowest BCUT2D eigenvalue weighted by Gasteiger charge is -2.16. The number of nitrogens with one attached hydrogen (secondary N) is 2. The highest BCUT2D eigenvalue weighted by Gasteiger charge is 2.24. The van der Waals surface area contributed by atoms with Gasteiger partial charge in [-0.05, 0) is 72.7 Å². The van der Waals surface area contributed by atoms with E-state index in [1.807, 2.05) is 78.2 Å². The summed E-state index contributed by atoms with van der Waals surface area (Å²) >= 11 is 7.84. The lowest BCUT2D eigenvalue weighted by atomic mass is 10.1. The van der Waals surface area contributed by atoms with E-state index in [0.29, 0.717) is 28.3 Å². The van der Waals surface area contributed by atoms with Gasteiger partial charge < -0.3 is 10.6 Å². The smallest absolute Gasteiger partial charge is 0.272 e. The van der Waals surface area contributed by atoms with E-state index in [2.05, 4.69) is 10.6 Å². The Morgan fingerprint density at radius 3 is 1.98 bits per heavy atom. The highest BCUT2D eigenvalue weighted by molar-refractivity contribution is 8.00. The Kier molecular flexibility index (Phi) is 9.33. The van der Waals surface area contributed by atoms with Crippen LogP contribution < -0.4 is 10.6 Å². The van der Waals surface area contributed by atoms with Gasteiger partial charge in [0.25, 0.3) is 11.8 Å². The van der Waals surface area contributed by atoms with Crippen molar-refractivity contribution in [3.8, 4) is 0 Å². The van der Waals surface area contributed by atoms with Crippen molar-refractivity contribution in [2.75, 3.05) is 5.32 Å². The van der Waals surface area contributed by atoms with E-state index in [4.69, 9.17) is 11.6 Å². The first-order chi connectivity index (χ1) is 22.4. The van der Waals surface area contributed by atoms with E-state index >= 15 is 0 Å². The SMILES string of the molecule is CCC(Sc1ccc(NC(=O)/C(=C/c2ccccc2Cl)NC(=O)c2ccccc2)cc1)C(=O)n1c2ccccc2c2ccccc21. The quantitative estimate of drug-likeness (QED) is 0.122. The molecule has 0 aliphatic heterocycles. The molecule has 1 heterocycles. The number of halogens is 1. The number of para-hydroxylation sites is 2. The van der Waals surface area contributed by atoms with Crippen LogP contribution in [0, 0.1) is 0 Å². The lowest BCUT2D eigenvalue weighted by Crippen LogP contribution is -2.30. The number of aromatic nitrogens is 1. The second-order valence-electron chi connectivity index (χ2n) is 10.6. The summed E-state index contributed by atoms with van der Waals surface area (Å²) in [5, 5.41) is 7.83. The number of nitrogens with zero attached hydrogens (tertiary/aromatic N) is 1. The Bertz CT molecular complexity index is 2030. The number of carbonyl (C=O) groups is 3. The van der Waals surface area contributed by atoms with Crippen molar-refractivity contribution in [1.29, 1.82) is 0 Å². The molecule has 1 atom stereocenters. The number of hydrogen-bond acceptors (Lipinski definition) is 4. The summed E-state index contributed by atoms with van der Waals surface area (Å²) in [4.78, 5) is 41.2. The highest BCUT2D eigenvalue weighted by atomic mass is 35.5. The standard InChI is InChI=1S/C38H30ClN3O3S/c1-2-35(38(45)42-33-18-10-7-15-29(33)30-16-8-11-19-34(30)42)46-28-22-20-27(21-23-28)40-37(44)32(24-26-14-6-9-17-31(26)39)41-36(43)25-12-4-3-5-13-25/h3-24,35H,2H2,1H3,(H,40,44)(H,41,43)/b32-24-. The van der Waals surface area contributed by atoms with Crippen LogP contribution in [0.15, 0.2) is 138 Å². The predicted octanol–water partition coefficient (Wildman–Crippen LogP) is 9.07. The summed E-state index contributed by atoms with van der Waals surface area (Å²) in [6.07, 6.45) is 2.19. The lowest BCUT2D eigenvalue weighted by molar-refractivity contribution is -0.113. The Hall–Kier alpha value is -5.11. The number of hydrogen-bond donors (Lipinski definition) is 2. The third-order valence-corrected chi connectivity index (χ3v) is 9.28. The van der Waals surface area contributed by atoms with Gasteiger partial charge in [0, 0.05) is 31.9 Å². The van der Waals surface area contributed by atoms with Crippen LogP contribution in [0.4, 0.5) is 5.69 Å². The third-order valence-electron chi connectivity index (χ3n) is 7.57. The van der Waals surface area contributed by atoms with Gasteiger partial charge in [-0.1, -0.05) is 91.3 Å². The molecule has 0 bridgehead atoms. The van der Waals surface area contributed by atoms with Crippen LogP contribution in [0.1, 0.15) is 34.1 Å². The third kappa shape index (κ3) is 6.61. The molecular weight excluding hydrogens is 614 g/mol. The maximum atomic E-state index is 14.0. The summed E-state index contributed by atoms with van der Waals surface area (Å²) in [5.41, 5.74) is 3.38. The van der Waals surface area contributed by atoms with Crippen molar-refractivity contribution in [2.45, 2.75) is 23.5 Å². The zero-order chi connectivity index (χ0) is 32.0. The van der Waals surface area contributed by atoms with Crippen LogP contribution in [0.2, 0.25) is 5.02 Å². The molecule has 2 N–H and O–H groups in total. The normalized spacial score (nSPS) is 12.2. The molecule has 0 saturated heterocycles. The largest absolute Gasteiger partial charge is 0.321 e. The predicted molar refractivity (Wildman–Crippen MR) is 188 cm³/mol. The summed E-state index contributed by atoms with van der Waals surface area (Å²) in [5.74, 6) is -0.900. The van der Waals surface area contributed by atoms with Gasteiger partial charge >= 0.3 is 0 Å². The number of fused-ring (bicyclic) bond motifs is 3. The molecule has 0 aliphatic rings. The van der Waals surface area contributed by atoms with Crippen LogP contribution in [-0.2, 0) is 4.79 Å². The molecule has 1 aromatic heterocycles. The van der Waals surface area contributed by atoms with Crippen molar-refractivity contribution in [2.24, 2.45) is 0 Å². The first-order valence-corrected chi connectivity index (χ1v) is 16.1. The fraction of sp³-hybridized carbons (Fsp3) is 0.0789. The van der Waals surface area contributed by atoms with E-state index in [-0.39, 0.29) is 16.9 Å². The molecule has 0 fully saturated rings. The van der Waals surface area contributed by atoms with Gasteiger partial charge in [0.2, 0.25) is 5.91 Å². The van der Waals surface area contributed by atoms with E-state index in [9.17, 15) is 14.4 Å². The van der Waals surface area contributed by atoms with Gasteiger partial charge in [0.15, 0.2) is 0 Å². The minimum atomic E-state index is -0.502. The molecule has 0 saturated carbocycles. The van der Waals surface area contributed by atoms with Gasteiger partial charge in [-0.25, -0.2) is 0 Å². The first-order valence-electron chi connectivity index (χ1n) is 14.9. The number of thioether (sulfide) groups is 1. The molecule has 0 radical (unpaired) electrons. The maximum Gasteiger partial charge on any atom is 0.272 e. The number of benzene rings is 5. The number of anilines is 1. The minimum absolute atomic E-state index is 0.0192. The maximum absolute atomic E-state index is 14.0. The Balaban J connectivity index is 1.20. The van der Waals surface area contributed by atoms with Crippen LogP contribution in [0.3, 0.4) is 0 Å². The topological polar surface area (TPSA) is 80.2 Å². The summed E-state index contributed by atoms with van der Waals surface area (Å²) in [7, 11) is 0. The number of rotatable bonds is 9. The van der Waals surface area contributed by atoms with Crippen LogP contribution >= 0.6 is 23.4 Å². The van der Waals surface area contributed by atoms with Gasteiger partial charge in [0.05, 0.1) is 16.3 Å². The molecule has 0 spiro atoms. The van der Waals surface area contributed by atoms with Crippen molar-refractivity contribution in [1.82, 2.24) is 9.88 Å². The minimum Gasteiger partial charge on any atom is -0.321 e. The van der Waals surface area contributed by atoms with Crippen molar-refractivity contribution in [3.63, 3.8) is 0 Å². The van der Waals surface area contributed by atoms with E-state index in [0.717, 1.165) is 26.7 Å². The second-order valence-corrected chi connectivity index (χ2v) is 12.3. The second kappa shape index (κ2) is 13.9. The fourth-order valence-electron chi connectivity index (χ4n) is 5.28. The molecule has 8 heteroatoms. The van der Waals surface area contributed by atoms with Crippen molar-refractivity contribution >= 4 is 74.7 Å². The van der Waals surface area contributed by atoms with Gasteiger partial charge in [-0.15, -0.1) is 11.8 Å².